The number of hydrogen-bond donors (Lipinski definition) is 3. The number of thioether (sulfide) groups is 2. The summed E-state index contributed by atoms with van der Waals surface area (Å²) < 4.78 is 11.1. The van der Waals surface area contributed by atoms with Gasteiger partial charge in [0.1, 0.15) is 17.7 Å². The van der Waals surface area contributed by atoms with E-state index in [1.54, 1.807) is 0 Å². The molecule has 2 atom stereocenters. The molecule has 3 amide bonds. The number of hydrogen-bond acceptors (Lipinski definition) is 8. The smallest absolute Gasteiger partial charge is 0.407 e. The molecule has 1 unspecified atom stereocenters. The number of amides is 3. The molecule has 0 saturated carbocycles. The SMILES string of the molecule is CNC(=O)OCC1=C(C(=O)O)N2C(=O)C(NC(=O)CSc3ccccc3)(OCc3ccccc3)[C@@H]2SC1. The fourth-order valence-corrected chi connectivity index (χ4v) is 6.00. The number of rotatable bonds is 10. The Morgan fingerprint density at radius 3 is 2.43 bits per heavy atom. The summed E-state index contributed by atoms with van der Waals surface area (Å²) in [7, 11) is 1.39. The van der Waals surface area contributed by atoms with Crippen LogP contribution in [0.15, 0.2) is 76.8 Å². The number of ether oxygens (including phenoxy) is 2. The van der Waals surface area contributed by atoms with Crippen LogP contribution in [0.3, 0.4) is 0 Å². The Morgan fingerprint density at radius 2 is 1.78 bits per heavy atom. The van der Waals surface area contributed by atoms with Crippen molar-refractivity contribution in [2.75, 3.05) is 25.2 Å². The Balaban J connectivity index is 1.56. The minimum Gasteiger partial charge on any atom is -0.477 e. The van der Waals surface area contributed by atoms with Crippen molar-refractivity contribution in [3.05, 3.63) is 77.5 Å². The van der Waals surface area contributed by atoms with Gasteiger partial charge in [0.2, 0.25) is 5.91 Å². The number of aliphatic carboxylic acids is 1. The first-order valence-electron chi connectivity index (χ1n) is 11.3. The quantitative estimate of drug-likeness (QED) is 0.235. The second-order valence-electron chi connectivity index (χ2n) is 8.08. The van der Waals surface area contributed by atoms with Crippen molar-refractivity contribution >= 4 is 47.4 Å². The normalized spacial score (nSPS) is 20.5. The van der Waals surface area contributed by atoms with Crippen LogP contribution in [0.2, 0.25) is 0 Å². The topological polar surface area (TPSA) is 134 Å². The van der Waals surface area contributed by atoms with Crippen LogP contribution in [0.5, 0.6) is 0 Å². The molecule has 2 aromatic rings. The molecule has 12 heteroatoms. The first-order valence-corrected chi connectivity index (χ1v) is 13.3. The van der Waals surface area contributed by atoms with Gasteiger partial charge in [0, 0.05) is 23.3 Å². The fraction of sp³-hybridized carbons (Fsp3) is 0.280. The number of alkyl carbamates (subject to hydrolysis) is 1. The number of fused-ring (bicyclic) bond motifs is 1. The average molecular weight is 544 g/mol. The fourth-order valence-electron chi connectivity index (χ4n) is 3.89. The zero-order valence-electron chi connectivity index (χ0n) is 19.8. The Hall–Kier alpha value is -3.48. The second-order valence-corrected chi connectivity index (χ2v) is 10.2. The van der Waals surface area contributed by atoms with E-state index in [1.165, 1.54) is 30.6 Å². The third-order valence-corrected chi connectivity index (χ3v) is 8.03. The molecule has 2 aliphatic rings. The molecule has 10 nitrogen and oxygen atoms in total. The molecule has 194 valence electrons. The van der Waals surface area contributed by atoms with E-state index in [2.05, 4.69) is 10.6 Å². The van der Waals surface area contributed by atoms with Gasteiger partial charge in [-0.25, -0.2) is 9.59 Å². The standard InChI is InChI=1S/C25H25N3O7S2/c1-26-24(33)34-13-17-14-37-23-25(22(32)28(23)20(17)21(30)31,35-12-16-8-4-2-5-9-16)27-19(29)15-36-18-10-6-3-7-11-18/h2-11,23H,12-15H2,1H3,(H,26,33)(H,27,29)(H,30,31)/t23-,25?/m0/s1. The third kappa shape index (κ3) is 5.76. The largest absolute Gasteiger partial charge is 0.477 e. The van der Waals surface area contributed by atoms with Crippen molar-refractivity contribution in [1.29, 1.82) is 0 Å². The van der Waals surface area contributed by atoms with Crippen LogP contribution in [0.1, 0.15) is 5.56 Å². The molecule has 4 rings (SSSR count). The molecule has 2 aliphatic heterocycles. The van der Waals surface area contributed by atoms with E-state index in [0.717, 1.165) is 15.4 Å². The van der Waals surface area contributed by atoms with E-state index in [9.17, 15) is 24.3 Å². The van der Waals surface area contributed by atoms with Gasteiger partial charge in [0.25, 0.3) is 11.6 Å². The highest BCUT2D eigenvalue weighted by molar-refractivity contribution is 8.00. The van der Waals surface area contributed by atoms with Gasteiger partial charge in [0.05, 0.1) is 12.4 Å². The summed E-state index contributed by atoms with van der Waals surface area (Å²) in [6, 6.07) is 18.5. The van der Waals surface area contributed by atoms with Crippen LogP contribution in [0, 0.1) is 0 Å². The minimum absolute atomic E-state index is 0.0301. The number of β-lactam (4-membered cyclic amide) rings is 1. The Labute approximate surface area is 221 Å². The maximum Gasteiger partial charge on any atom is 0.407 e. The molecule has 0 aliphatic carbocycles. The number of benzene rings is 2. The maximum absolute atomic E-state index is 13.6. The summed E-state index contributed by atoms with van der Waals surface area (Å²) >= 11 is 2.54. The lowest BCUT2D eigenvalue weighted by atomic mass is 9.98. The van der Waals surface area contributed by atoms with Gasteiger partial charge < -0.3 is 25.2 Å². The summed E-state index contributed by atoms with van der Waals surface area (Å²) in [6.07, 6.45) is -0.719. The van der Waals surface area contributed by atoms with E-state index in [1.807, 2.05) is 60.7 Å². The van der Waals surface area contributed by atoms with Gasteiger partial charge in [-0.3, -0.25) is 14.5 Å². The van der Waals surface area contributed by atoms with Crippen LogP contribution in [-0.2, 0) is 30.5 Å². The van der Waals surface area contributed by atoms with Gasteiger partial charge in [-0.1, -0.05) is 48.5 Å². The molecule has 37 heavy (non-hydrogen) atoms. The van der Waals surface area contributed by atoms with Crippen molar-refractivity contribution in [2.45, 2.75) is 22.6 Å². The molecular weight excluding hydrogens is 518 g/mol. The Kier molecular flexibility index (Phi) is 8.41. The number of carbonyl (C=O) groups is 4. The summed E-state index contributed by atoms with van der Waals surface area (Å²) in [5.41, 5.74) is -0.962. The van der Waals surface area contributed by atoms with Crippen molar-refractivity contribution in [2.24, 2.45) is 0 Å². The zero-order valence-corrected chi connectivity index (χ0v) is 21.5. The van der Waals surface area contributed by atoms with Gasteiger partial charge >= 0.3 is 12.1 Å². The van der Waals surface area contributed by atoms with Crippen LogP contribution in [-0.4, -0.2) is 70.1 Å². The summed E-state index contributed by atoms with van der Waals surface area (Å²) in [5.74, 6) is -2.26. The molecule has 0 bridgehead atoms. The van der Waals surface area contributed by atoms with E-state index < -0.39 is 35.0 Å². The molecule has 3 N–H and O–H groups in total. The number of carbonyl (C=O) groups excluding carboxylic acids is 3. The highest BCUT2D eigenvalue weighted by Crippen LogP contribution is 2.47. The Bertz CT molecular complexity index is 1210. The number of carboxylic acids is 1. The summed E-state index contributed by atoms with van der Waals surface area (Å²) in [5, 5.41) is 14.1. The lowest BCUT2D eigenvalue weighted by molar-refractivity contribution is -0.201. The first-order chi connectivity index (χ1) is 17.9. The molecule has 0 aromatic heterocycles. The molecule has 0 spiro atoms. The van der Waals surface area contributed by atoms with E-state index >= 15 is 0 Å². The van der Waals surface area contributed by atoms with Gasteiger partial charge in [0.15, 0.2) is 0 Å². The highest BCUT2D eigenvalue weighted by Gasteiger charge is 2.67. The van der Waals surface area contributed by atoms with Crippen molar-refractivity contribution in [3.63, 3.8) is 0 Å². The van der Waals surface area contributed by atoms with Crippen molar-refractivity contribution in [3.8, 4) is 0 Å². The molecule has 1 fully saturated rings. The van der Waals surface area contributed by atoms with Gasteiger partial charge in [-0.05, 0) is 17.7 Å². The number of nitrogens with zero attached hydrogens (tertiary/aromatic N) is 1. The molecule has 0 radical (unpaired) electrons. The first kappa shape index (κ1) is 26.6. The van der Waals surface area contributed by atoms with Crippen LogP contribution in [0.25, 0.3) is 0 Å². The average Bonchev–Trinajstić information content (AvgIpc) is 2.93. The van der Waals surface area contributed by atoms with Gasteiger partial charge in [-0.15, -0.1) is 23.5 Å². The van der Waals surface area contributed by atoms with Crippen molar-refractivity contribution in [1.82, 2.24) is 15.5 Å². The molecule has 2 heterocycles. The predicted molar refractivity (Wildman–Crippen MR) is 137 cm³/mol. The zero-order chi connectivity index (χ0) is 26.4. The minimum atomic E-state index is -1.75. The third-order valence-electron chi connectivity index (χ3n) is 5.64. The second kappa shape index (κ2) is 11.7. The van der Waals surface area contributed by atoms with Crippen LogP contribution in [0.4, 0.5) is 4.79 Å². The van der Waals surface area contributed by atoms with Gasteiger partial charge in [-0.2, -0.15) is 0 Å². The Morgan fingerprint density at radius 1 is 1.11 bits per heavy atom. The lowest BCUT2D eigenvalue weighted by Crippen LogP contribution is -2.81. The molecule has 2 aromatic carbocycles. The lowest BCUT2D eigenvalue weighted by Gasteiger charge is -2.56. The number of carboxylic acid groups (broad SMARTS) is 1. The number of nitrogens with one attached hydrogen (secondary N) is 2. The van der Waals surface area contributed by atoms with E-state index in [4.69, 9.17) is 9.47 Å². The summed E-state index contributed by atoms with van der Waals surface area (Å²) in [4.78, 5) is 52.1. The van der Waals surface area contributed by atoms with Crippen LogP contribution < -0.4 is 10.6 Å². The van der Waals surface area contributed by atoms with E-state index in [-0.39, 0.29) is 36.0 Å². The summed E-state index contributed by atoms with van der Waals surface area (Å²) in [6.45, 7) is -0.259. The highest BCUT2D eigenvalue weighted by atomic mass is 32.2. The molecule has 1 saturated heterocycles. The monoisotopic (exact) mass is 543 g/mol. The van der Waals surface area contributed by atoms with Crippen LogP contribution >= 0.6 is 23.5 Å². The van der Waals surface area contributed by atoms with E-state index in [0.29, 0.717) is 0 Å². The maximum atomic E-state index is 13.6. The molecular formula is C25H25N3O7S2. The van der Waals surface area contributed by atoms with Crippen molar-refractivity contribution < 1.29 is 33.8 Å². The predicted octanol–water partition coefficient (Wildman–Crippen LogP) is 2.42.